The minimum Gasteiger partial charge on any atom is -0.494 e. The summed E-state index contributed by atoms with van der Waals surface area (Å²) in [4.78, 5) is 25.1. The summed E-state index contributed by atoms with van der Waals surface area (Å²) >= 11 is 0. The first-order valence-electron chi connectivity index (χ1n) is 11.0. The summed E-state index contributed by atoms with van der Waals surface area (Å²) in [5.41, 5.74) is 1.08. The maximum absolute atomic E-state index is 12.6. The molecule has 5 aliphatic rings. The van der Waals surface area contributed by atoms with E-state index in [1.807, 2.05) is 26.0 Å². The Labute approximate surface area is 170 Å². The minimum absolute atomic E-state index is 0.0277. The molecule has 2 amide bonds. The third-order valence-electron chi connectivity index (χ3n) is 8.44. The number of carbonyl (C=O) groups excluding carboxylic acids is 2. The zero-order valence-electron chi connectivity index (χ0n) is 16.9. The SMILES string of the molecule is CCOc1ccc(OCC)c(C23C=CC(C2)C2C4CC(C5C(=O)NC(=O)C45)C23)c1. The van der Waals surface area contributed by atoms with Crippen LogP contribution >= 0.6 is 0 Å². The molecule has 0 spiro atoms. The molecule has 4 bridgehead atoms. The van der Waals surface area contributed by atoms with Crippen LogP contribution in [0.15, 0.2) is 30.4 Å². The van der Waals surface area contributed by atoms with E-state index in [2.05, 4.69) is 23.5 Å². The number of fused-ring (bicyclic) bond motifs is 12. The topological polar surface area (TPSA) is 64.6 Å². The van der Waals surface area contributed by atoms with Gasteiger partial charge >= 0.3 is 0 Å². The smallest absolute Gasteiger partial charge is 0.230 e. The van der Waals surface area contributed by atoms with Gasteiger partial charge in [0.1, 0.15) is 11.5 Å². The summed E-state index contributed by atoms with van der Waals surface area (Å²) in [6, 6.07) is 6.18. The number of carbonyl (C=O) groups is 2. The largest absolute Gasteiger partial charge is 0.494 e. The summed E-state index contributed by atoms with van der Waals surface area (Å²) in [6.07, 6.45) is 6.82. The van der Waals surface area contributed by atoms with Crippen molar-refractivity contribution in [3.63, 3.8) is 0 Å². The van der Waals surface area contributed by atoms with Gasteiger partial charge in [0.25, 0.3) is 0 Å². The van der Waals surface area contributed by atoms with Crippen LogP contribution in [0.25, 0.3) is 0 Å². The molecule has 29 heavy (non-hydrogen) atoms. The van der Waals surface area contributed by atoms with Crippen molar-refractivity contribution in [2.24, 2.45) is 41.4 Å². The number of benzene rings is 1. The predicted molar refractivity (Wildman–Crippen MR) is 106 cm³/mol. The fraction of sp³-hybridized carbons (Fsp3) is 0.583. The second-order valence-electron chi connectivity index (χ2n) is 9.36. The van der Waals surface area contributed by atoms with Gasteiger partial charge in [0, 0.05) is 11.0 Å². The second kappa shape index (κ2) is 5.87. The molecule has 6 rings (SSSR count). The number of ether oxygens (including phenoxy) is 2. The van der Waals surface area contributed by atoms with Crippen LogP contribution in [-0.2, 0) is 15.0 Å². The van der Waals surface area contributed by atoms with Crippen molar-refractivity contribution in [2.45, 2.75) is 32.1 Å². The van der Waals surface area contributed by atoms with Gasteiger partial charge in [0.2, 0.25) is 11.8 Å². The Morgan fingerprint density at radius 1 is 1.07 bits per heavy atom. The lowest BCUT2D eigenvalue weighted by atomic mass is 9.59. The molecule has 0 aromatic heterocycles. The highest BCUT2D eigenvalue weighted by Gasteiger charge is 2.73. The molecule has 5 nitrogen and oxygen atoms in total. The van der Waals surface area contributed by atoms with Gasteiger partial charge in [-0.2, -0.15) is 0 Å². The standard InChI is InChI=1S/C24H27NO4/c1-3-28-13-5-6-17(29-4-2)16(9-13)24-8-7-12(11-24)18-14-10-15(21(18)24)20-19(14)22(26)25-23(20)27/h5-9,12,14-15,18-21H,3-4,10-11H2,1-2H3,(H,25,26,27). The van der Waals surface area contributed by atoms with Crippen molar-refractivity contribution in [2.75, 3.05) is 13.2 Å². The molecule has 5 heteroatoms. The molecular weight excluding hydrogens is 366 g/mol. The van der Waals surface area contributed by atoms with E-state index in [0.29, 0.717) is 36.9 Å². The third kappa shape index (κ3) is 2.06. The highest BCUT2D eigenvalue weighted by atomic mass is 16.5. The number of allylic oxidation sites excluding steroid dienone is 2. The predicted octanol–water partition coefficient (Wildman–Crippen LogP) is 3.08. The number of rotatable bonds is 5. The number of hydrogen-bond acceptors (Lipinski definition) is 4. The van der Waals surface area contributed by atoms with Crippen LogP contribution in [0.1, 0.15) is 32.3 Å². The molecule has 1 saturated heterocycles. The molecule has 1 N–H and O–H groups in total. The van der Waals surface area contributed by atoms with Crippen LogP contribution in [-0.4, -0.2) is 25.0 Å². The molecule has 8 atom stereocenters. The summed E-state index contributed by atoms with van der Waals surface area (Å²) in [6.45, 7) is 5.25. The van der Waals surface area contributed by atoms with Crippen LogP contribution in [0.3, 0.4) is 0 Å². The lowest BCUT2D eigenvalue weighted by Crippen LogP contribution is -2.43. The molecule has 1 aromatic carbocycles. The quantitative estimate of drug-likeness (QED) is 0.474. The van der Waals surface area contributed by atoms with Crippen molar-refractivity contribution in [1.82, 2.24) is 5.32 Å². The van der Waals surface area contributed by atoms with Gasteiger partial charge in [-0.05, 0) is 74.5 Å². The first kappa shape index (κ1) is 17.5. The summed E-state index contributed by atoms with van der Waals surface area (Å²) in [5.74, 6) is 3.49. The van der Waals surface area contributed by atoms with Crippen LogP contribution in [0.4, 0.5) is 0 Å². The molecule has 1 heterocycles. The van der Waals surface area contributed by atoms with Crippen molar-refractivity contribution in [3.8, 4) is 11.5 Å². The summed E-state index contributed by atoms with van der Waals surface area (Å²) in [7, 11) is 0. The molecule has 3 saturated carbocycles. The van der Waals surface area contributed by atoms with E-state index in [9.17, 15) is 9.59 Å². The monoisotopic (exact) mass is 393 g/mol. The van der Waals surface area contributed by atoms with Crippen LogP contribution < -0.4 is 14.8 Å². The zero-order valence-corrected chi connectivity index (χ0v) is 16.9. The minimum atomic E-state index is -0.135. The maximum Gasteiger partial charge on any atom is 0.230 e. The zero-order chi connectivity index (χ0) is 19.9. The van der Waals surface area contributed by atoms with Crippen LogP contribution in [0, 0.1) is 41.4 Å². The number of nitrogens with one attached hydrogen (secondary N) is 1. The number of amides is 2. The van der Waals surface area contributed by atoms with E-state index < -0.39 is 0 Å². The highest BCUT2D eigenvalue weighted by molar-refractivity contribution is 6.06. The molecule has 4 fully saturated rings. The number of hydrogen-bond donors (Lipinski definition) is 1. The van der Waals surface area contributed by atoms with Crippen LogP contribution in [0.5, 0.6) is 11.5 Å². The first-order chi connectivity index (χ1) is 14.1. The average molecular weight is 393 g/mol. The fourth-order valence-corrected chi connectivity index (χ4v) is 7.89. The van der Waals surface area contributed by atoms with Crippen molar-refractivity contribution in [3.05, 3.63) is 35.9 Å². The van der Waals surface area contributed by atoms with Crippen molar-refractivity contribution in [1.29, 1.82) is 0 Å². The Balaban J connectivity index is 1.47. The van der Waals surface area contributed by atoms with Gasteiger partial charge in [0.15, 0.2) is 0 Å². The molecule has 1 aromatic rings. The molecule has 1 aliphatic heterocycles. The average Bonchev–Trinajstić information content (AvgIpc) is 3.48. The van der Waals surface area contributed by atoms with Crippen LogP contribution in [0.2, 0.25) is 0 Å². The number of imide groups is 1. The van der Waals surface area contributed by atoms with Gasteiger partial charge < -0.3 is 9.47 Å². The Kier molecular flexibility index (Phi) is 3.55. The normalized spacial score (nSPS) is 42.9. The third-order valence-corrected chi connectivity index (χ3v) is 8.44. The van der Waals surface area contributed by atoms with Gasteiger partial charge in [0.05, 0.1) is 25.0 Å². The summed E-state index contributed by atoms with van der Waals surface area (Å²) < 4.78 is 11.9. The molecular formula is C24H27NO4. The van der Waals surface area contributed by atoms with E-state index >= 15 is 0 Å². The van der Waals surface area contributed by atoms with Gasteiger partial charge in [-0.3, -0.25) is 14.9 Å². The Bertz CT molecular complexity index is 939. The maximum atomic E-state index is 12.6. The Morgan fingerprint density at radius 3 is 2.59 bits per heavy atom. The van der Waals surface area contributed by atoms with Gasteiger partial charge in [-0.1, -0.05) is 12.2 Å². The summed E-state index contributed by atoms with van der Waals surface area (Å²) in [5, 5.41) is 2.63. The molecule has 152 valence electrons. The van der Waals surface area contributed by atoms with E-state index in [4.69, 9.17) is 9.47 Å². The second-order valence-corrected chi connectivity index (χ2v) is 9.36. The van der Waals surface area contributed by atoms with E-state index in [0.717, 1.165) is 24.3 Å². The molecule has 8 unspecified atom stereocenters. The van der Waals surface area contributed by atoms with Crippen molar-refractivity contribution >= 4 is 11.8 Å². The highest BCUT2D eigenvalue weighted by Crippen LogP contribution is 2.74. The lowest BCUT2D eigenvalue weighted by Gasteiger charge is -2.43. The Hall–Kier alpha value is -2.30. The molecule has 0 radical (unpaired) electrons. The Morgan fingerprint density at radius 2 is 1.83 bits per heavy atom. The fourth-order valence-electron chi connectivity index (χ4n) is 7.89. The van der Waals surface area contributed by atoms with E-state index in [1.54, 1.807) is 0 Å². The van der Waals surface area contributed by atoms with E-state index in [1.165, 1.54) is 5.56 Å². The van der Waals surface area contributed by atoms with E-state index in [-0.39, 0.29) is 35.0 Å². The van der Waals surface area contributed by atoms with Gasteiger partial charge in [-0.15, -0.1) is 0 Å². The molecule has 4 aliphatic carbocycles. The van der Waals surface area contributed by atoms with Gasteiger partial charge in [-0.25, -0.2) is 0 Å². The first-order valence-corrected chi connectivity index (χ1v) is 11.0. The lowest BCUT2D eigenvalue weighted by molar-refractivity contribution is -0.127. The van der Waals surface area contributed by atoms with Crippen molar-refractivity contribution < 1.29 is 19.1 Å².